The van der Waals surface area contributed by atoms with Crippen molar-refractivity contribution < 1.29 is 9.53 Å². The van der Waals surface area contributed by atoms with E-state index in [1.54, 1.807) is 36.1 Å². The van der Waals surface area contributed by atoms with Crippen LogP contribution in [0.4, 0.5) is 11.9 Å². The highest BCUT2D eigenvalue weighted by Crippen LogP contribution is 2.34. The van der Waals surface area contributed by atoms with Crippen molar-refractivity contribution in [3.63, 3.8) is 0 Å². The average Bonchev–Trinajstić information content (AvgIpc) is 3.26. The number of carbonyl (C=O) groups excluding carboxylic acids is 1. The zero-order valence-corrected chi connectivity index (χ0v) is 19.5. The predicted octanol–water partition coefficient (Wildman–Crippen LogP) is 5.90. The minimum atomic E-state index is -0.327. The van der Waals surface area contributed by atoms with Gasteiger partial charge < -0.3 is 10.1 Å². The molecule has 2 heterocycles. The van der Waals surface area contributed by atoms with Gasteiger partial charge in [0.2, 0.25) is 5.95 Å². The van der Waals surface area contributed by atoms with Crippen LogP contribution < -0.4 is 15.4 Å². The summed E-state index contributed by atoms with van der Waals surface area (Å²) in [6.07, 6.45) is 2.05. The number of rotatable bonds is 5. The van der Waals surface area contributed by atoms with Crippen molar-refractivity contribution in [2.45, 2.75) is 6.04 Å². The van der Waals surface area contributed by atoms with Crippen LogP contribution in [0.3, 0.4) is 0 Å². The lowest BCUT2D eigenvalue weighted by molar-refractivity contribution is 0.102. The van der Waals surface area contributed by atoms with E-state index >= 15 is 0 Å². The summed E-state index contributed by atoms with van der Waals surface area (Å²) in [5.41, 5.74) is 3.24. The molecule has 1 aliphatic heterocycles. The first-order chi connectivity index (χ1) is 16.5. The van der Waals surface area contributed by atoms with Crippen molar-refractivity contribution in [3.8, 4) is 5.75 Å². The Morgan fingerprint density at radius 3 is 2.26 bits per heavy atom. The van der Waals surface area contributed by atoms with Crippen LogP contribution in [-0.2, 0) is 0 Å². The second-order valence-corrected chi connectivity index (χ2v) is 8.47. The Morgan fingerprint density at radius 1 is 0.971 bits per heavy atom. The van der Waals surface area contributed by atoms with Gasteiger partial charge in [0.25, 0.3) is 11.9 Å². The normalized spacial score (nSPS) is 14.6. The Bertz CT molecular complexity index is 1360. The number of nitrogens with zero attached hydrogens (tertiary/aromatic N) is 3. The maximum Gasteiger partial charge on any atom is 0.258 e. The molecule has 0 aliphatic carbocycles. The molecular formula is C25H19Cl2N5O2. The largest absolute Gasteiger partial charge is 0.497 e. The quantitative estimate of drug-likeness (QED) is 0.363. The molecule has 0 radical (unpaired) electrons. The standard InChI is InChI=1S/C25H19Cl2N5O2/c1-34-20-12-6-16(7-13-20)22-14-21(15-2-8-18(26)9-3-15)28-25-30-24(31-32(22)25)29-23(33)17-4-10-19(27)11-5-17/h2-14,22H,1H3,(H2,28,29,30,31,33). The maximum absolute atomic E-state index is 12.7. The highest BCUT2D eigenvalue weighted by atomic mass is 35.5. The van der Waals surface area contributed by atoms with E-state index < -0.39 is 0 Å². The zero-order valence-electron chi connectivity index (χ0n) is 18.0. The highest BCUT2D eigenvalue weighted by molar-refractivity contribution is 6.31. The molecule has 4 aromatic rings. The van der Waals surface area contributed by atoms with Gasteiger partial charge in [-0.1, -0.05) is 47.5 Å². The van der Waals surface area contributed by atoms with Crippen molar-refractivity contribution in [1.82, 2.24) is 14.8 Å². The molecule has 1 atom stereocenters. The van der Waals surface area contributed by atoms with E-state index in [9.17, 15) is 4.79 Å². The molecule has 9 heteroatoms. The lowest BCUT2D eigenvalue weighted by Gasteiger charge is -2.24. The van der Waals surface area contributed by atoms with E-state index in [1.807, 2.05) is 48.5 Å². The number of allylic oxidation sites excluding steroid dienone is 1. The average molecular weight is 492 g/mol. The van der Waals surface area contributed by atoms with Crippen molar-refractivity contribution in [1.29, 1.82) is 0 Å². The molecule has 0 fully saturated rings. The van der Waals surface area contributed by atoms with Gasteiger partial charge in [-0.25, -0.2) is 4.68 Å². The number of carbonyl (C=O) groups is 1. The van der Waals surface area contributed by atoms with Crippen molar-refractivity contribution in [2.24, 2.45) is 0 Å². The summed E-state index contributed by atoms with van der Waals surface area (Å²) in [6, 6.07) is 21.6. The van der Waals surface area contributed by atoms with Gasteiger partial charge in [-0.2, -0.15) is 4.98 Å². The molecule has 0 saturated heterocycles. The maximum atomic E-state index is 12.7. The third-order valence-corrected chi connectivity index (χ3v) is 5.91. The van der Waals surface area contributed by atoms with E-state index in [1.165, 1.54) is 0 Å². The minimum Gasteiger partial charge on any atom is -0.497 e. The van der Waals surface area contributed by atoms with E-state index in [0.717, 1.165) is 22.6 Å². The fraction of sp³-hybridized carbons (Fsp3) is 0.0800. The topological polar surface area (TPSA) is 81.1 Å². The van der Waals surface area contributed by atoms with Gasteiger partial charge in [0, 0.05) is 21.3 Å². The summed E-state index contributed by atoms with van der Waals surface area (Å²) in [6.45, 7) is 0. The number of halogens is 2. The van der Waals surface area contributed by atoms with Crippen LogP contribution in [-0.4, -0.2) is 27.8 Å². The molecule has 0 saturated carbocycles. The number of amides is 1. The number of aromatic nitrogens is 3. The Morgan fingerprint density at radius 2 is 1.62 bits per heavy atom. The second kappa shape index (κ2) is 9.21. The summed E-state index contributed by atoms with van der Waals surface area (Å²) in [5, 5.41) is 11.8. The Balaban J connectivity index is 1.50. The number of ether oxygens (including phenoxy) is 1. The molecule has 3 aromatic carbocycles. The second-order valence-electron chi connectivity index (χ2n) is 7.59. The molecule has 0 spiro atoms. The molecule has 7 nitrogen and oxygen atoms in total. The molecule has 34 heavy (non-hydrogen) atoms. The van der Waals surface area contributed by atoms with Crippen LogP contribution in [0.25, 0.3) is 5.70 Å². The van der Waals surface area contributed by atoms with E-state index in [2.05, 4.69) is 26.8 Å². The number of methoxy groups -OCH3 is 1. The first-order valence-electron chi connectivity index (χ1n) is 10.4. The van der Waals surface area contributed by atoms with Gasteiger partial charge in [0.1, 0.15) is 11.8 Å². The third kappa shape index (κ3) is 4.48. The number of anilines is 2. The van der Waals surface area contributed by atoms with Gasteiger partial charge in [0.15, 0.2) is 0 Å². The third-order valence-electron chi connectivity index (χ3n) is 5.41. The summed E-state index contributed by atoms with van der Waals surface area (Å²) in [4.78, 5) is 17.2. The number of hydrogen-bond acceptors (Lipinski definition) is 5. The molecule has 2 N–H and O–H groups in total. The first kappa shape index (κ1) is 22.0. The summed E-state index contributed by atoms with van der Waals surface area (Å²) in [7, 11) is 1.63. The monoisotopic (exact) mass is 491 g/mol. The van der Waals surface area contributed by atoms with Gasteiger partial charge >= 0.3 is 0 Å². The fourth-order valence-electron chi connectivity index (χ4n) is 3.66. The van der Waals surface area contributed by atoms with Crippen LogP contribution >= 0.6 is 23.2 Å². The molecule has 1 unspecified atom stereocenters. The summed E-state index contributed by atoms with van der Waals surface area (Å²) in [5.74, 6) is 1.12. The smallest absolute Gasteiger partial charge is 0.258 e. The molecule has 0 bridgehead atoms. The fourth-order valence-corrected chi connectivity index (χ4v) is 3.91. The van der Waals surface area contributed by atoms with E-state index in [0.29, 0.717) is 21.6 Å². The van der Waals surface area contributed by atoms with E-state index in [4.69, 9.17) is 27.9 Å². The van der Waals surface area contributed by atoms with Gasteiger partial charge in [0.05, 0.1) is 7.11 Å². The summed E-state index contributed by atoms with van der Waals surface area (Å²) < 4.78 is 7.03. The van der Waals surface area contributed by atoms with Crippen LogP contribution in [0.1, 0.15) is 27.5 Å². The molecular weight excluding hydrogens is 473 g/mol. The van der Waals surface area contributed by atoms with Crippen LogP contribution in [0.15, 0.2) is 78.9 Å². The SMILES string of the molecule is COc1ccc(C2C=C(c3ccc(Cl)cc3)Nc3nc(NC(=O)c4ccc(Cl)cc4)nn32)cc1. The molecule has 170 valence electrons. The molecule has 1 aliphatic rings. The number of benzene rings is 3. The van der Waals surface area contributed by atoms with Crippen molar-refractivity contribution in [2.75, 3.05) is 17.7 Å². The van der Waals surface area contributed by atoms with Crippen molar-refractivity contribution >= 4 is 46.7 Å². The summed E-state index contributed by atoms with van der Waals surface area (Å²) >= 11 is 12.0. The molecule has 5 rings (SSSR count). The van der Waals surface area contributed by atoms with E-state index in [-0.39, 0.29) is 17.9 Å². The lowest BCUT2D eigenvalue weighted by Crippen LogP contribution is -2.20. The van der Waals surface area contributed by atoms with Crippen LogP contribution in [0.2, 0.25) is 10.0 Å². The zero-order chi connectivity index (χ0) is 23.7. The van der Waals surface area contributed by atoms with Gasteiger partial charge in [-0.05, 0) is 65.7 Å². The van der Waals surface area contributed by atoms with Gasteiger partial charge in [-0.15, -0.1) is 5.10 Å². The Kier molecular flexibility index (Phi) is 5.96. The number of nitrogens with one attached hydrogen (secondary N) is 2. The number of hydrogen-bond donors (Lipinski definition) is 2. The minimum absolute atomic E-state index is 0.187. The van der Waals surface area contributed by atoms with Crippen molar-refractivity contribution in [3.05, 3.63) is 106 Å². The first-order valence-corrected chi connectivity index (χ1v) is 11.2. The van der Waals surface area contributed by atoms with Crippen LogP contribution in [0.5, 0.6) is 5.75 Å². The van der Waals surface area contributed by atoms with Gasteiger partial charge in [-0.3, -0.25) is 10.1 Å². The predicted molar refractivity (Wildman–Crippen MR) is 134 cm³/mol. The lowest BCUT2D eigenvalue weighted by atomic mass is 10.0. The number of fused-ring (bicyclic) bond motifs is 1. The Hall–Kier alpha value is -3.81. The van der Waals surface area contributed by atoms with Crippen LogP contribution in [0, 0.1) is 0 Å². The molecule has 1 aromatic heterocycles. The highest BCUT2D eigenvalue weighted by Gasteiger charge is 2.26. The molecule has 1 amide bonds. The Labute approximate surface area is 206 Å².